The van der Waals surface area contributed by atoms with Crippen molar-refractivity contribution in [1.82, 2.24) is 0 Å². The molecule has 2 rings (SSSR count). The predicted molar refractivity (Wildman–Crippen MR) is 57.8 cm³/mol. The lowest BCUT2D eigenvalue weighted by molar-refractivity contribution is -0.156. The molecule has 1 fully saturated rings. The van der Waals surface area contributed by atoms with Crippen LogP contribution in [0.3, 0.4) is 0 Å². The van der Waals surface area contributed by atoms with Crippen LogP contribution in [0.5, 0.6) is 0 Å². The van der Waals surface area contributed by atoms with Gasteiger partial charge in [-0.25, -0.2) is 4.79 Å². The summed E-state index contributed by atoms with van der Waals surface area (Å²) in [6.45, 7) is 5.56. The highest BCUT2D eigenvalue weighted by Crippen LogP contribution is 2.40. The molecule has 3 nitrogen and oxygen atoms in total. The molecule has 0 saturated carbocycles. The zero-order valence-corrected chi connectivity index (χ0v) is 9.84. The molecule has 0 amide bonds. The van der Waals surface area contributed by atoms with Gasteiger partial charge < -0.3 is 9.47 Å². The van der Waals surface area contributed by atoms with Crippen LogP contribution < -0.4 is 0 Å². The number of carbonyl (C=O) groups is 1. The fourth-order valence-corrected chi connectivity index (χ4v) is 2.03. The van der Waals surface area contributed by atoms with E-state index in [1.165, 1.54) is 0 Å². The Bertz CT molecular complexity index is 350. The molecular formula is C11H14O3S. The number of thiophene rings is 1. The molecule has 1 aliphatic heterocycles. The molecule has 0 aliphatic carbocycles. The molecule has 1 aromatic heterocycles. The molecule has 0 bridgehead atoms. The van der Waals surface area contributed by atoms with Crippen LogP contribution in [-0.2, 0) is 14.3 Å². The minimum Gasteiger partial charge on any atom is -0.458 e. The summed E-state index contributed by atoms with van der Waals surface area (Å²) in [7, 11) is 0. The zero-order chi connectivity index (χ0) is 11.1. The molecule has 0 spiro atoms. The summed E-state index contributed by atoms with van der Waals surface area (Å²) < 4.78 is 10.5. The number of carbonyl (C=O) groups excluding carboxylic acids is 1. The van der Waals surface area contributed by atoms with Crippen LogP contribution in [0.1, 0.15) is 32.4 Å². The number of ether oxygens (including phenoxy) is 2. The van der Waals surface area contributed by atoms with E-state index in [9.17, 15) is 4.79 Å². The number of esters is 1. The minimum absolute atomic E-state index is 0.0916. The Hall–Kier alpha value is -0.870. The normalized spacial score (nSPS) is 25.0. The first-order valence-corrected chi connectivity index (χ1v) is 5.82. The van der Waals surface area contributed by atoms with E-state index in [4.69, 9.17) is 9.47 Å². The summed E-state index contributed by atoms with van der Waals surface area (Å²) in [4.78, 5) is 11.6. The van der Waals surface area contributed by atoms with Crippen LogP contribution in [-0.4, -0.2) is 17.7 Å². The third kappa shape index (κ3) is 2.58. The van der Waals surface area contributed by atoms with Crippen LogP contribution >= 0.6 is 11.3 Å². The molecule has 4 heteroatoms. The van der Waals surface area contributed by atoms with Crippen molar-refractivity contribution in [3.8, 4) is 0 Å². The van der Waals surface area contributed by atoms with E-state index in [1.54, 1.807) is 11.3 Å². The first-order valence-electron chi connectivity index (χ1n) is 4.88. The summed E-state index contributed by atoms with van der Waals surface area (Å²) in [5, 5.41) is 3.97. The van der Waals surface area contributed by atoms with Crippen molar-refractivity contribution in [2.24, 2.45) is 0 Å². The average Bonchev–Trinajstić information content (AvgIpc) is 2.71. The number of hydrogen-bond donors (Lipinski definition) is 0. The van der Waals surface area contributed by atoms with Gasteiger partial charge in [0.15, 0.2) is 6.10 Å². The molecule has 82 valence electrons. The van der Waals surface area contributed by atoms with Crippen molar-refractivity contribution >= 4 is 17.3 Å². The largest absolute Gasteiger partial charge is 0.458 e. The van der Waals surface area contributed by atoms with Gasteiger partial charge in [0.25, 0.3) is 0 Å². The summed E-state index contributed by atoms with van der Waals surface area (Å²) in [5.74, 6) is -0.265. The van der Waals surface area contributed by atoms with Gasteiger partial charge in [0.2, 0.25) is 0 Å². The highest BCUT2D eigenvalue weighted by atomic mass is 32.1. The number of epoxide rings is 1. The molecule has 2 atom stereocenters. The second-order valence-corrected chi connectivity index (χ2v) is 5.35. The quantitative estimate of drug-likeness (QED) is 0.574. The minimum atomic E-state index is -0.442. The molecule has 1 aliphatic rings. The summed E-state index contributed by atoms with van der Waals surface area (Å²) in [6.07, 6.45) is -0.495. The van der Waals surface area contributed by atoms with Crippen molar-refractivity contribution in [3.63, 3.8) is 0 Å². The lowest BCUT2D eigenvalue weighted by Gasteiger charge is -2.18. The molecule has 0 N–H and O–H groups in total. The summed E-state index contributed by atoms with van der Waals surface area (Å²) >= 11 is 1.60. The monoisotopic (exact) mass is 226 g/mol. The van der Waals surface area contributed by atoms with E-state index in [2.05, 4.69) is 0 Å². The van der Waals surface area contributed by atoms with Crippen LogP contribution in [0, 0.1) is 0 Å². The van der Waals surface area contributed by atoms with Crippen LogP contribution in [0.15, 0.2) is 16.8 Å². The van der Waals surface area contributed by atoms with Gasteiger partial charge in [-0.1, -0.05) is 0 Å². The van der Waals surface area contributed by atoms with E-state index in [0.717, 1.165) is 5.56 Å². The van der Waals surface area contributed by atoms with Gasteiger partial charge in [-0.2, -0.15) is 11.3 Å². The highest BCUT2D eigenvalue weighted by molar-refractivity contribution is 7.08. The van der Waals surface area contributed by atoms with Gasteiger partial charge in [0.1, 0.15) is 11.7 Å². The number of rotatable bonds is 2. The van der Waals surface area contributed by atoms with Gasteiger partial charge in [-0.05, 0) is 43.2 Å². The Morgan fingerprint density at radius 2 is 2.27 bits per heavy atom. The van der Waals surface area contributed by atoms with Gasteiger partial charge in [0, 0.05) is 0 Å². The van der Waals surface area contributed by atoms with Crippen molar-refractivity contribution in [3.05, 3.63) is 22.4 Å². The maximum absolute atomic E-state index is 11.6. The van der Waals surface area contributed by atoms with E-state index in [0.29, 0.717) is 0 Å². The van der Waals surface area contributed by atoms with Crippen molar-refractivity contribution in [2.45, 2.75) is 38.6 Å². The molecular weight excluding hydrogens is 212 g/mol. The van der Waals surface area contributed by atoms with Crippen molar-refractivity contribution in [1.29, 1.82) is 0 Å². The molecule has 2 heterocycles. The fourth-order valence-electron chi connectivity index (χ4n) is 1.34. The Balaban J connectivity index is 1.91. The maximum atomic E-state index is 11.6. The smallest absolute Gasteiger partial charge is 0.338 e. The van der Waals surface area contributed by atoms with Gasteiger partial charge in [0.05, 0.1) is 0 Å². The Labute approximate surface area is 93.0 Å². The van der Waals surface area contributed by atoms with E-state index in [1.807, 2.05) is 37.6 Å². The van der Waals surface area contributed by atoms with Crippen LogP contribution in [0.25, 0.3) is 0 Å². The maximum Gasteiger partial charge on any atom is 0.338 e. The number of hydrogen-bond acceptors (Lipinski definition) is 4. The second-order valence-electron chi connectivity index (χ2n) is 4.57. The molecule has 15 heavy (non-hydrogen) atoms. The van der Waals surface area contributed by atoms with Gasteiger partial charge in [-0.15, -0.1) is 0 Å². The third-order valence-corrected chi connectivity index (χ3v) is 2.70. The highest BCUT2D eigenvalue weighted by Gasteiger charge is 2.48. The van der Waals surface area contributed by atoms with Crippen LogP contribution in [0.2, 0.25) is 0 Å². The Morgan fingerprint density at radius 3 is 2.80 bits per heavy atom. The molecule has 0 aromatic carbocycles. The van der Waals surface area contributed by atoms with E-state index in [-0.39, 0.29) is 12.1 Å². The van der Waals surface area contributed by atoms with Crippen molar-refractivity contribution < 1.29 is 14.3 Å². The fraction of sp³-hybridized carbons (Fsp3) is 0.545. The van der Waals surface area contributed by atoms with Crippen molar-refractivity contribution in [2.75, 3.05) is 0 Å². The van der Waals surface area contributed by atoms with Gasteiger partial charge in [-0.3, -0.25) is 0 Å². The first kappa shape index (κ1) is 10.6. The summed E-state index contributed by atoms with van der Waals surface area (Å²) in [6, 6.07) is 1.97. The molecule has 1 saturated heterocycles. The SMILES string of the molecule is CC(C)(C)OC(=O)[C@@H]1O[C@H]1c1ccsc1. The molecule has 0 unspecified atom stereocenters. The lowest BCUT2D eigenvalue weighted by atomic mass is 10.1. The Kier molecular flexibility index (Phi) is 2.56. The lowest BCUT2D eigenvalue weighted by Crippen LogP contribution is -2.26. The zero-order valence-electron chi connectivity index (χ0n) is 9.02. The third-order valence-electron chi connectivity index (χ3n) is 2.00. The Morgan fingerprint density at radius 1 is 1.53 bits per heavy atom. The standard InChI is InChI=1S/C11H14O3S/c1-11(2,3)14-10(12)9-8(13-9)7-4-5-15-6-7/h4-6,8-9H,1-3H3/t8-,9+/m0/s1. The molecule has 1 aromatic rings. The second kappa shape index (κ2) is 3.61. The molecule has 0 radical (unpaired) electrons. The van der Waals surface area contributed by atoms with E-state index < -0.39 is 11.7 Å². The van der Waals surface area contributed by atoms with Gasteiger partial charge >= 0.3 is 5.97 Å². The predicted octanol–water partition coefficient (Wildman–Crippen LogP) is 2.53. The average molecular weight is 226 g/mol. The topological polar surface area (TPSA) is 38.8 Å². The summed E-state index contributed by atoms with van der Waals surface area (Å²) in [5.41, 5.74) is 0.623. The first-order chi connectivity index (χ1) is 6.97. The van der Waals surface area contributed by atoms with E-state index >= 15 is 0 Å². The van der Waals surface area contributed by atoms with Crippen LogP contribution in [0.4, 0.5) is 0 Å².